The van der Waals surface area contributed by atoms with Gasteiger partial charge in [-0.05, 0) is 17.7 Å². The minimum absolute atomic E-state index is 0.0990. The lowest BCUT2D eigenvalue weighted by Crippen LogP contribution is -2.22. The van der Waals surface area contributed by atoms with E-state index in [2.05, 4.69) is 21.4 Å². The molecule has 0 bridgehead atoms. The lowest BCUT2D eigenvalue weighted by molar-refractivity contribution is -0.118. The average molecular weight is 369 g/mol. The van der Waals surface area contributed by atoms with Crippen LogP contribution in [0.15, 0.2) is 34.3 Å². The van der Waals surface area contributed by atoms with Gasteiger partial charge < -0.3 is 16.2 Å². The highest BCUT2D eigenvalue weighted by atomic mass is 32.2. The molecule has 2 rings (SSSR count). The van der Waals surface area contributed by atoms with Gasteiger partial charge in [0.25, 0.3) is 0 Å². The van der Waals surface area contributed by atoms with Gasteiger partial charge in [0, 0.05) is 43.6 Å². The molecule has 1 aromatic carbocycles. The molecule has 0 atom stereocenters. The molecule has 0 unspecified atom stereocenters. The molecule has 1 aromatic heterocycles. The summed E-state index contributed by atoms with van der Waals surface area (Å²) in [5, 5.41) is 22.4. The SMILES string of the molecule is CN=Cc1c(SCCNC(C)=O)nc(N)c(C#N)c1-c1ccc(O)cc1. The van der Waals surface area contributed by atoms with Gasteiger partial charge >= 0.3 is 0 Å². The number of hydrogen-bond acceptors (Lipinski definition) is 7. The predicted octanol–water partition coefficient (Wildman–Crippen LogP) is 2.18. The van der Waals surface area contributed by atoms with Gasteiger partial charge in [-0.25, -0.2) is 4.98 Å². The highest BCUT2D eigenvalue weighted by Crippen LogP contribution is 2.35. The van der Waals surface area contributed by atoms with Crippen molar-refractivity contribution in [2.75, 3.05) is 25.1 Å². The van der Waals surface area contributed by atoms with Crippen molar-refractivity contribution >= 4 is 29.7 Å². The number of aliphatic imine (C=N–C) groups is 1. The number of amides is 1. The van der Waals surface area contributed by atoms with E-state index >= 15 is 0 Å². The third kappa shape index (κ3) is 4.52. The molecule has 1 heterocycles. The number of nitrogen functional groups attached to an aromatic ring is 1. The molecule has 0 aliphatic heterocycles. The van der Waals surface area contributed by atoms with Crippen molar-refractivity contribution in [2.45, 2.75) is 11.9 Å². The Labute approximate surface area is 156 Å². The lowest BCUT2D eigenvalue weighted by atomic mass is 9.96. The minimum atomic E-state index is -0.0990. The second kappa shape index (κ2) is 8.87. The Bertz CT molecular complexity index is 873. The number of pyridine rings is 1. The topological polar surface area (TPSA) is 124 Å². The van der Waals surface area contributed by atoms with Crippen LogP contribution in [0.2, 0.25) is 0 Å². The second-order valence-corrected chi connectivity index (χ2v) is 6.43. The first-order chi connectivity index (χ1) is 12.5. The van der Waals surface area contributed by atoms with E-state index in [9.17, 15) is 15.2 Å². The van der Waals surface area contributed by atoms with Gasteiger partial charge in [-0.2, -0.15) is 5.26 Å². The summed E-state index contributed by atoms with van der Waals surface area (Å²) in [5.41, 5.74) is 8.29. The smallest absolute Gasteiger partial charge is 0.216 e. The quantitative estimate of drug-likeness (QED) is 0.407. The number of phenols is 1. The number of benzene rings is 1. The molecule has 134 valence electrons. The zero-order valence-electron chi connectivity index (χ0n) is 14.5. The largest absolute Gasteiger partial charge is 0.508 e. The lowest BCUT2D eigenvalue weighted by Gasteiger charge is -2.15. The number of carbonyl (C=O) groups excluding carboxylic acids is 1. The molecule has 4 N–H and O–H groups in total. The van der Waals surface area contributed by atoms with Crippen LogP contribution in [0.5, 0.6) is 5.75 Å². The van der Waals surface area contributed by atoms with Crippen LogP contribution in [-0.4, -0.2) is 41.6 Å². The normalized spacial score (nSPS) is 10.7. The maximum atomic E-state index is 11.0. The summed E-state index contributed by atoms with van der Waals surface area (Å²) in [4.78, 5) is 19.4. The van der Waals surface area contributed by atoms with E-state index in [0.29, 0.717) is 28.5 Å². The Balaban J connectivity index is 2.54. The van der Waals surface area contributed by atoms with Gasteiger partial charge in [0.1, 0.15) is 28.2 Å². The number of hydrogen-bond donors (Lipinski definition) is 3. The van der Waals surface area contributed by atoms with Crippen LogP contribution in [0, 0.1) is 11.3 Å². The van der Waals surface area contributed by atoms with E-state index in [4.69, 9.17) is 5.73 Å². The van der Waals surface area contributed by atoms with E-state index < -0.39 is 0 Å². The Hall–Kier alpha value is -3.05. The number of nitrogens with one attached hydrogen (secondary N) is 1. The maximum Gasteiger partial charge on any atom is 0.216 e. The number of nitriles is 1. The Morgan fingerprint density at radius 1 is 1.46 bits per heavy atom. The fourth-order valence-electron chi connectivity index (χ4n) is 2.37. The van der Waals surface area contributed by atoms with Crippen LogP contribution in [0.4, 0.5) is 5.82 Å². The van der Waals surface area contributed by atoms with Crippen molar-refractivity contribution in [3.8, 4) is 22.9 Å². The summed E-state index contributed by atoms with van der Waals surface area (Å²) in [6, 6.07) is 8.62. The molecule has 0 aliphatic rings. The second-order valence-electron chi connectivity index (χ2n) is 5.34. The zero-order valence-corrected chi connectivity index (χ0v) is 15.3. The molecule has 0 saturated heterocycles. The molecule has 0 saturated carbocycles. The molecular weight excluding hydrogens is 350 g/mol. The number of rotatable bonds is 6. The van der Waals surface area contributed by atoms with Crippen LogP contribution in [0.3, 0.4) is 0 Å². The number of phenolic OH excluding ortho intramolecular Hbond substituents is 1. The monoisotopic (exact) mass is 369 g/mol. The van der Waals surface area contributed by atoms with Gasteiger partial charge in [-0.3, -0.25) is 9.79 Å². The number of nitrogens with zero attached hydrogens (tertiary/aromatic N) is 3. The molecule has 26 heavy (non-hydrogen) atoms. The molecule has 2 aromatic rings. The summed E-state index contributed by atoms with van der Waals surface area (Å²) >= 11 is 1.42. The average Bonchev–Trinajstić information content (AvgIpc) is 2.61. The minimum Gasteiger partial charge on any atom is -0.508 e. The summed E-state index contributed by atoms with van der Waals surface area (Å²) in [7, 11) is 1.63. The zero-order chi connectivity index (χ0) is 19.1. The third-order valence-electron chi connectivity index (χ3n) is 3.47. The van der Waals surface area contributed by atoms with Crippen molar-refractivity contribution in [2.24, 2.45) is 4.99 Å². The summed E-state index contributed by atoms with van der Waals surface area (Å²) < 4.78 is 0. The highest BCUT2D eigenvalue weighted by Gasteiger charge is 2.19. The molecular formula is C18H19N5O2S. The standard InChI is InChI=1S/C18H19N5O2S/c1-11(24)22-7-8-26-18-15(10-21-2)16(14(9-19)17(20)23-18)12-3-5-13(25)6-4-12/h3-6,10,25H,7-8H2,1-2H3,(H2,20,23)(H,22,24). The van der Waals surface area contributed by atoms with Gasteiger partial charge in [0.15, 0.2) is 0 Å². The molecule has 0 spiro atoms. The first-order valence-electron chi connectivity index (χ1n) is 7.80. The number of nitrogens with two attached hydrogens (primary N) is 1. The fraction of sp³-hybridized carbons (Fsp3) is 0.222. The van der Waals surface area contributed by atoms with Crippen molar-refractivity contribution in [3.63, 3.8) is 0 Å². The molecule has 0 radical (unpaired) electrons. The Kier molecular flexibility index (Phi) is 6.58. The number of carbonyl (C=O) groups is 1. The molecule has 0 fully saturated rings. The van der Waals surface area contributed by atoms with Crippen molar-refractivity contribution in [1.29, 1.82) is 5.26 Å². The molecule has 0 aliphatic carbocycles. The van der Waals surface area contributed by atoms with Gasteiger partial charge in [0.2, 0.25) is 5.91 Å². The Morgan fingerprint density at radius 2 is 2.15 bits per heavy atom. The van der Waals surface area contributed by atoms with Crippen LogP contribution < -0.4 is 11.1 Å². The summed E-state index contributed by atoms with van der Waals surface area (Å²) in [6.07, 6.45) is 1.64. The summed E-state index contributed by atoms with van der Waals surface area (Å²) in [5.74, 6) is 0.756. The first-order valence-corrected chi connectivity index (χ1v) is 8.78. The van der Waals surface area contributed by atoms with Gasteiger partial charge in [-0.15, -0.1) is 11.8 Å². The van der Waals surface area contributed by atoms with E-state index in [1.165, 1.54) is 18.7 Å². The van der Waals surface area contributed by atoms with E-state index in [1.54, 1.807) is 37.5 Å². The highest BCUT2D eigenvalue weighted by molar-refractivity contribution is 7.99. The van der Waals surface area contributed by atoms with Gasteiger partial charge in [-0.1, -0.05) is 12.1 Å². The van der Waals surface area contributed by atoms with Crippen LogP contribution in [0.25, 0.3) is 11.1 Å². The maximum absolute atomic E-state index is 11.0. The third-order valence-corrected chi connectivity index (χ3v) is 4.46. The van der Waals surface area contributed by atoms with Crippen molar-refractivity contribution < 1.29 is 9.90 Å². The van der Waals surface area contributed by atoms with Crippen molar-refractivity contribution in [1.82, 2.24) is 10.3 Å². The van der Waals surface area contributed by atoms with E-state index in [0.717, 1.165) is 5.56 Å². The van der Waals surface area contributed by atoms with E-state index in [1.807, 2.05) is 0 Å². The predicted molar refractivity (Wildman–Crippen MR) is 103 cm³/mol. The Morgan fingerprint density at radius 3 is 2.73 bits per heavy atom. The number of aromatic nitrogens is 1. The number of anilines is 1. The molecule has 7 nitrogen and oxygen atoms in total. The van der Waals surface area contributed by atoms with Crippen LogP contribution in [-0.2, 0) is 4.79 Å². The fourth-order valence-corrected chi connectivity index (χ4v) is 3.24. The molecule has 8 heteroatoms. The van der Waals surface area contributed by atoms with E-state index in [-0.39, 0.29) is 23.0 Å². The number of aromatic hydroxyl groups is 1. The first kappa shape index (κ1) is 19.3. The summed E-state index contributed by atoms with van der Waals surface area (Å²) in [6.45, 7) is 1.94. The van der Waals surface area contributed by atoms with Crippen LogP contribution >= 0.6 is 11.8 Å². The molecule has 1 amide bonds. The van der Waals surface area contributed by atoms with Crippen LogP contribution in [0.1, 0.15) is 18.1 Å². The number of thioether (sulfide) groups is 1. The van der Waals surface area contributed by atoms with Gasteiger partial charge in [0.05, 0.1) is 0 Å². The van der Waals surface area contributed by atoms with Crippen molar-refractivity contribution in [3.05, 3.63) is 35.4 Å².